The van der Waals surface area contributed by atoms with E-state index in [4.69, 9.17) is 0 Å². The number of fused-ring (bicyclic) bond motifs is 5. The van der Waals surface area contributed by atoms with Crippen LogP contribution < -0.4 is 0 Å². The normalized spacial score (nSPS) is 50.5. The van der Waals surface area contributed by atoms with Crippen LogP contribution in [0, 0.1) is 45.3 Å². The van der Waals surface area contributed by atoms with E-state index in [0.29, 0.717) is 11.8 Å². The maximum Gasteiger partial charge on any atom is 0.0654 e. The summed E-state index contributed by atoms with van der Waals surface area (Å²) in [5, 5.41) is 34.3. The van der Waals surface area contributed by atoms with E-state index in [1.807, 2.05) is 6.92 Å². The number of aliphatic hydroxyl groups is 3. The number of aliphatic hydroxyl groups excluding tert-OH is 2. The molecule has 0 heterocycles. The number of rotatable bonds is 4. The van der Waals surface area contributed by atoms with Gasteiger partial charge < -0.3 is 15.3 Å². The van der Waals surface area contributed by atoms with Crippen LogP contribution in [0.3, 0.4) is 0 Å². The largest absolute Gasteiger partial charge is 0.393 e. The van der Waals surface area contributed by atoms with Crippen molar-refractivity contribution in [3.63, 3.8) is 0 Å². The molecule has 0 aromatic heterocycles. The van der Waals surface area contributed by atoms with E-state index in [0.717, 1.165) is 44.9 Å². The minimum Gasteiger partial charge on any atom is -0.393 e. The highest BCUT2D eigenvalue weighted by Crippen LogP contribution is 2.75. The Morgan fingerprint density at radius 2 is 1.55 bits per heavy atom. The predicted molar refractivity (Wildman–Crippen MR) is 136 cm³/mol. The fraction of sp³-hybridized carbons (Fsp3) is 0.933. The van der Waals surface area contributed by atoms with Crippen molar-refractivity contribution in [3.8, 4) is 0 Å². The van der Waals surface area contributed by atoms with E-state index in [1.165, 1.54) is 18.4 Å². The summed E-state index contributed by atoms with van der Waals surface area (Å²) in [6, 6.07) is 0. The third-order valence-electron chi connectivity index (χ3n) is 12.4. The molecule has 10 atom stereocenters. The molecule has 3 N–H and O–H groups in total. The van der Waals surface area contributed by atoms with Gasteiger partial charge in [0.05, 0.1) is 17.8 Å². The highest BCUT2D eigenvalue weighted by molar-refractivity contribution is 5.20. The zero-order valence-corrected chi connectivity index (χ0v) is 22.7. The average molecular weight is 461 g/mol. The lowest BCUT2D eigenvalue weighted by atomic mass is 9.35. The van der Waals surface area contributed by atoms with Crippen molar-refractivity contribution in [1.29, 1.82) is 0 Å². The number of allylic oxidation sites excluding steroid dienone is 2. The molecule has 4 aliphatic rings. The molecule has 3 nitrogen and oxygen atoms in total. The Bertz CT molecular complexity index is 779. The summed E-state index contributed by atoms with van der Waals surface area (Å²) in [5.74, 6) is 1.31. The standard InChI is InChI=1S/C30H52O3/c1-19(2)10-9-14-30(8,33)20-11-16-29(7)25(20)21(31)18-23-27(5)15-13-24(32)26(3,4)22(27)12-17-28(23,29)6/h10,20-25,31-33H,9,11-18H2,1-8H3/t20?,21?,22?,23?,24?,25-,27?,28?,29-,30+/m1/s1. The molecule has 7 unspecified atom stereocenters. The lowest BCUT2D eigenvalue weighted by molar-refractivity contribution is -0.246. The first-order valence-corrected chi connectivity index (χ1v) is 13.8. The molecule has 0 aliphatic heterocycles. The summed E-state index contributed by atoms with van der Waals surface area (Å²) in [4.78, 5) is 0. The zero-order valence-electron chi connectivity index (χ0n) is 22.7. The van der Waals surface area contributed by atoms with E-state index in [2.05, 4.69) is 54.5 Å². The van der Waals surface area contributed by atoms with Crippen LogP contribution in [0.25, 0.3) is 0 Å². The van der Waals surface area contributed by atoms with Gasteiger partial charge in [-0.2, -0.15) is 0 Å². The molecule has 0 amide bonds. The highest BCUT2D eigenvalue weighted by atomic mass is 16.3. The molecule has 4 fully saturated rings. The Hall–Kier alpha value is -0.380. The van der Waals surface area contributed by atoms with Crippen LogP contribution in [-0.2, 0) is 0 Å². The Balaban J connectivity index is 1.66. The van der Waals surface area contributed by atoms with Gasteiger partial charge in [0, 0.05) is 0 Å². The van der Waals surface area contributed by atoms with Crippen LogP contribution in [0.4, 0.5) is 0 Å². The molecule has 0 aromatic carbocycles. The monoisotopic (exact) mass is 460 g/mol. The zero-order chi connectivity index (χ0) is 24.6. The van der Waals surface area contributed by atoms with Gasteiger partial charge in [0.15, 0.2) is 0 Å². The molecular weight excluding hydrogens is 408 g/mol. The Kier molecular flexibility index (Phi) is 6.28. The minimum absolute atomic E-state index is 0.0503. The van der Waals surface area contributed by atoms with Crippen molar-refractivity contribution >= 4 is 0 Å². The molecular formula is C30H52O3. The van der Waals surface area contributed by atoms with Gasteiger partial charge in [-0.05, 0) is 124 Å². The Labute approximate surface area is 203 Å². The molecule has 0 saturated heterocycles. The quantitative estimate of drug-likeness (QED) is 0.420. The topological polar surface area (TPSA) is 60.7 Å². The maximum atomic E-state index is 11.8. The predicted octanol–water partition coefficient (Wildman–Crippen LogP) is 6.50. The molecule has 0 bridgehead atoms. The van der Waals surface area contributed by atoms with E-state index >= 15 is 0 Å². The fourth-order valence-corrected chi connectivity index (χ4v) is 10.3. The van der Waals surface area contributed by atoms with Crippen molar-refractivity contribution in [1.82, 2.24) is 0 Å². The van der Waals surface area contributed by atoms with Gasteiger partial charge in [0.2, 0.25) is 0 Å². The maximum absolute atomic E-state index is 11.8. The molecule has 4 aliphatic carbocycles. The number of hydrogen-bond donors (Lipinski definition) is 3. The van der Waals surface area contributed by atoms with Crippen LogP contribution >= 0.6 is 0 Å². The second-order valence-electron chi connectivity index (χ2n) is 14.5. The summed E-state index contributed by atoms with van der Waals surface area (Å²) >= 11 is 0. The van der Waals surface area contributed by atoms with Crippen LogP contribution in [-0.4, -0.2) is 33.1 Å². The minimum atomic E-state index is -0.739. The Morgan fingerprint density at radius 3 is 2.18 bits per heavy atom. The molecule has 4 rings (SSSR count). The van der Waals surface area contributed by atoms with Gasteiger partial charge in [-0.15, -0.1) is 0 Å². The van der Waals surface area contributed by atoms with E-state index in [1.54, 1.807) is 0 Å². The smallest absolute Gasteiger partial charge is 0.0654 e. The summed E-state index contributed by atoms with van der Waals surface area (Å²) in [7, 11) is 0. The van der Waals surface area contributed by atoms with Gasteiger partial charge >= 0.3 is 0 Å². The molecule has 0 radical (unpaired) electrons. The first-order chi connectivity index (χ1) is 15.1. The second-order valence-corrected chi connectivity index (χ2v) is 14.5. The molecule has 33 heavy (non-hydrogen) atoms. The van der Waals surface area contributed by atoms with Crippen molar-refractivity contribution in [2.45, 2.75) is 131 Å². The Morgan fingerprint density at radius 1 is 0.909 bits per heavy atom. The summed E-state index contributed by atoms with van der Waals surface area (Å²) in [5.41, 5.74) is 0.885. The van der Waals surface area contributed by atoms with Gasteiger partial charge in [-0.1, -0.05) is 46.3 Å². The molecule has 3 heteroatoms. The summed E-state index contributed by atoms with van der Waals surface area (Å²) in [6.07, 6.45) is 10.6. The van der Waals surface area contributed by atoms with Crippen LogP contribution in [0.1, 0.15) is 113 Å². The summed E-state index contributed by atoms with van der Waals surface area (Å²) in [6.45, 7) is 18.3. The third-order valence-corrected chi connectivity index (χ3v) is 12.4. The second kappa shape index (κ2) is 8.07. The molecule has 0 aromatic rings. The van der Waals surface area contributed by atoms with Crippen molar-refractivity contribution in [3.05, 3.63) is 11.6 Å². The number of hydrogen-bond acceptors (Lipinski definition) is 3. The van der Waals surface area contributed by atoms with E-state index < -0.39 is 5.60 Å². The van der Waals surface area contributed by atoms with E-state index in [9.17, 15) is 15.3 Å². The van der Waals surface area contributed by atoms with Crippen molar-refractivity contribution in [2.75, 3.05) is 0 Å². The molecule has 0 spiro atoms. The molecule has 190 valence electrons. The summed E-state index contributed by atoms with van der Waals surface area (Å²) < 4.78 is 0. The average Bonchev–Trinajstić information content (AvgIpc) is 3.08. The van der Waals surface area contributed by atoms with Gasteiger partial charge in [0.25, 0.3) is 0 Å². The van der Waals surface area contributed by atoms with Gasteiger partial charge in [-0.25, -0.2) is 0 Å². The van der Waals surface area contributed by atoms with Crippen molar-refractivity contribution in [2.24, 2.45) is 45.3 Å². The van der Waals surface area contributed by atoms with E-state index in [-0.39, 0.29) is 45.7 Å². The lowest BCUT2D eigenvalue weighted by Gasteiger charge is -2.70. The SMILES string of the molecule is CC(C)=CCC[C@](C)(O)C1CC[C@]2(C)[C@H]1C(O)CC1C3(C)CCC(O)C(C)(C)C3CCC12C. The third kappa shape index (κ3) is 3.61. The van der Waals surface area contributed by atoms with Crippen LogP contribution in [0.5, 0.6) is 0 Å². The molecule has 4 saturated carbocycles. The van der Waals surface area contributed by atoms with Crippen LogP contribution in [0.2, 0.25) is 0 Å². The van der Waals surface area contributed by atoms with Gasteiger partial charge in [0.1, 0.15) is 0 Å². The van der Waals surface area contributed by atoms with Gasteiger partial charge in [-0.3, -0.25) is 0 Å². The van der Waals surface area contributed by atoms with Crippen molar-refractivity contribution < 1.29 is 15.3 Å². The first kappa shape index (κ1) is 25.7. The lowest BCUT2D eigenvalue weighted by Crippen LogP contribution is -2.66. The fourth-order valence-electron chi connectivity index (χ4n) is 10.3. The highest BCUT2D eigenvalue weighted by Gasteiger charge is 2.71. The first-order valence-electron chi connectivity index (χ1n) is 13.8. The van der Waals surface area contributed by atoms with Crippen LogP contribution in [0.15, 0.2) is 11.6 Å².